The molecule has 2 aromatic rings. The molecule has 2 rings (SSSR count). The van der Waals surface area contributed by atoms with E-state index in [4.69, 9.17) is 29.4 Å². The van der Waals surface area contributed by atoms with Crippen molar-refractivity contribution in [2.75, 3.05) is 35.0 Å². The molecule has 0 radical (unpaired) electrons. The van der Waals surface area contributed by atoms with E-state index in [2.05, 4.69) is 0 Å². The van der Waals surface area contributed by atoms with Gasteiger partial charge in [-0.15, -0.1) is 0 Å². The average Bonchev–Trinajstić information content (AvgIpc) is 2.66. The molecule has 2 aromatic carbocycles. The number of hydrogen-bond donors (Lipinski definition) is 1. The van der Waals surface area contributed by atoms with Gasteiger partial charge in [0.15, 0.2) is 23.0 Å². The minimum absolute atomic E-state index is 0.227. The van der Waals surface area contributed by atoms with Crippen molar-refractivity contribution in [1.29, 1.82) is 0 Å². The first kappa shape index (κ1) is 19.7. The van der Waals surface area contributed by atoms with E-state index in [1.165, 1.54) is 0 Å². The molecule has 0 fully saturated rings. The summed E-state index contributed by atoms with van der Waals surface area (Å²) in [5, 5.41) is 1.69. The Balaban J connectivity index is 2.68. The molecule has 0 saturated carbocycles. The lowest BCUT2D eigenvalue weighted by Crippen LogP contribution is -2.34. The van der Waals surface area contributed by atoms with Gasteiger partial charge in [0.2, 0.25) is 0 Å². The predicted molar refractivity (Wildman–Crippen MR) is 98.5 cm³/mol. The molecule has 1 atom stereocenters. The largest absolute Gasteiger partial charge is 0.493 e. The van der Waals surface area contributed by atoms with Crippen molar-refractivity contribution < 1.29 is 28.5 Å². The van der Waals surface area contributed by atoms with Crippen LogP contribution in [0.3, 0.4) is 0 Å². The van der Waals surface area contributed by atoms with Crippen molar-refractivity contribution in [3.63, 3.8) is 0 Å². The van der Waals surface area contributed by atoms with E-state index < -0.39 is 12.0 Å². The van der Waals surface area contributed by atoms with Gasteiger partial charge in [0.25, 0.3) is 0 Å². The second-order valence-electron chi connectivity index (χ2n) is 5.58. The lowest BCUT2D eigenvalue weighted by molar-refractivity contribution is -0.144. The first-order valence-electron chi connectivity index (χ1n) is 8.22. The number of esters is 1. The van der Waals surface area contributed by atoms with Crippen LogP contribution in [0.25, 0.3) is 10.8 Å². The first-order chi connectivity index (χ1) is 12.5. The summed E-state index contributed by atoms with van der Waals surface area (Å²) in [6.45, 7) is 2.01. The number of rotatable bonds is 8. The summed E-state index contributed by atoms with van der Waals surface area (Å²) < 4.78 is 26.8. The SMILES string of the molecule is CCOC(=O)C(N)Cc1c(OC)c(OC)cc2cc(OC)c(OC)cc12. The van der Waals surface area contributed by atoms with E-state index in [-0.39, 0.29) is 13.0 Å². The summed E-state index contributed by atoms with van der Waals surface area (Å²) in [5.74, 6) is 1.75. The van der Waals surface area contributed by atoms with Crippen LogP contribution in [0.5, 0.6) is 23.0 Å². The van der Waals surface area contributed by atoms with Gasteiger partial charge in [-0.05, 0) is 35.9 Å². The van der Waals surface area contributed by atoms with Crippen LogP contribution in [-0.2, 0) is 16.0 Å². The Morgan fingerprint density at radius 1 is 0.962 bits per heavy atom. The zero-order valence-corrected chi connectivity index (χ0v) is 15.8. The number of carbonyl (C=O) groups is 1. The maximum atomic E-state index is 12.0. The Bertz CT molecular complexity index is 784. The van der Waals surface area contributed by atoms with Gasteiger partial charge in [0, 0.05) is 12.0 Å². The molecule has 0 saturated heterocycles. The van der Waals surface area contributed by atoms with Crippen molar-refractivity contribution >= 4 is 16.7 Å². The van der Waals surface area contributed by atoms with E-state index in [0.29, 0.717) is 23.0 Å². The van der Waals surface area contributed by atoms with Crippen molar-refractivity contribution in [3.05, 3.63) is 23.8 Å². The summed E-state index contributed by atoms with van der Waals surface area (Å²) in [6, 6.07) is 4.70. The summed E-state index contributed by atoms with van der Waals surface area (Å²) in [4.78, 5) is 12.0. The molecule has 2 N–H and O–H groups in total. The number of benzene rings is 2. The highest BCUT2D eigenvalue weighted by atomic mass is 16.5. The van der Waals surface area contributed by atoms with Gasteiger partial charge in [-0.1, -0.05) is 0 Å². The quantitative estimate of drug-likeness (QED) is 0.720. The number of fused-ring (bicyclic) bond motifs is 1. The zero-order chi connectivity index (χ0) is 19.3. The Labute approximate surface area is 152 Å². The second-order valence-corrected chi connectivity index (χ2v) is 5.58. The van der Waals surface area contributed by atoms with E-state index in [1.54, 1.807) is 35.4 Å². The summed E-state index contributed by atoms with van der Waals surface area (Å²) in [5.41, 5.74) is 6.78. The fourth-order valence-corrected chi connectivity index (χ4v) is 2.88. The van der Waals surface area contributed by atoms with Crippen molar-refractivity contribution in [2.45, 2.75) is 19.4 Å². The fraction of sp³-hybridized carbons (Fsp3) is 0.421. The number of nitrogens with two attached hydrogens (primary N) is 1. The van der Waals surface area contributed by atoms with Gasteiger partial charge < -0.3 is 29.4 Å². The fourth-order valence-electron chi connectivity index (χ4n) is 2.88. The van der Waals surface area contributed by atoms with Gasteiger partial charge in [0.1, 0.15) is 6.04 Å². The molecule has 0 amide bonds. The Hall–Kier alpha value is -2.67. The number of ether oxygens (including phenoxy) is 5. The molecule has 0 aromatic heterocycles. The molecule has 7 nitrogen and oxygen atoms in total. The molecule has 0 aliphatic heterocycles. The molecule has 142 valence electrons. The Kier molecular flexibility index (Phi) is 6.52. The first-order valence-corrected chi connectivity index (χ1v) is 8.22. The van der Waals surface area contributed by atoms with Crippen molar-refractivity contribution in [2.24, 2.45) is 5.73 Å². The topological polar surface area (TPSA) is 89.2 Å². The van der Waals surface area contributed by atoms with E-state index in [0.717, 1.165) is 16.3 Å². The summed E-state index contributed by atoms with van der Waals surface area (Å²) in [7, 11) is 6.24. The van der Waals surface area contributed by atoms with E-state index in [1.807, 2.05) is 18.2 Å². The Morgan fingerprint density at radius 3 is 2.08 bits per heavy atom. The molecule has 26 heavy (non-hydrogen) atoms. The number of carbonyl (C=O) groups excluding carboxylic acids is 1. The second kappa shape index (κ2) is 8.62. The molecule has 0 aliphatic carbocycles. The molecule has 0 spiro atoms. The standard InChI is InChI=1S/C19H25NO6/c1-6-26-19(21)14(20)9-13-12-10-16(23-3)15(22-2)7-11(12)8-17(24-4)18(13)25-5/h7-8,10,14H,6,9,20H2,1-5H3. The van der Waals surface area contributed by atoms with E-state index in [9.17, 15) is 4.79 Å². The zero-order valence-electron chi connectivity index (χ0n) is 15.8. The monoisotopic (exact) mass is 363 g/mol. The van der Waals surface area contributed by atoms with Crippen LogP contribution < -0.4 is 24.7 Å². The highest BCUT2D eigenvalue weighted by molar-refractivity contribution is 5.93. The van der Waals surface area contributed by atoms with Crippen LogP contribution >= 0.6 is 0 Å². The van der Waals surface area contributed by atoms with Crippen LogP contribution in [0.2, 0.25) is 0 Å². The van der Waals surface area contributed by atoms with Gasteiger partial charge >= 0.3 is 5.97 Å². The van der Waals surface area contributed by atoms with Crippen LogP contribution in [0.4, 0.5) is 0 Å². The van der Waals surface area contributed by atoms with Crippen LogP contribution in [-0.4, -0.2) is 47.1 Å². The minimum Gasteiger partial charge on any atom is -0.493 e. The number of methoxy groups -OCH3 is 4. The Morgan fingerprint density at radius 2 is 1.54 bits per heavy atom. The summed E-state index contributed by atoms with van der Waals surface area (Å²) in [6.07, 6.45) is 0.227. The maximum Gasteiger partial charge on any atom is 0.323 e. The van der Waals surface area contributed by atoms with Crippen LogP contribution in [0.15, 0.2) is 18.2 Å². The van der Waals surface area contributed by atoms with Crippen molar-refractivity contribution in [3.8, 4) is 23.0 Å². The third-order valence-corrected chi connectivity index (χ3v) is 4.10. The van der Waals surface area contributed by atoms with Gasteiger partial charge in [-0.3, -0.25) is 4.79 Å². The molecule has 0 aliphatic rings. The predicted octanol–water partition coefficient (Wildman–Crippen LogP) is 2.31. The third-order valence-electron chi connectivity index (χ3n) is 4.10. The lowest BCUT2D eigenvalue weighted by Gasteiger charge is -2.19. The smallest absolute Gasteiger partial charge is 0.323 e. The van der Waals surface area contributed by atoms with Crippen LogP contribution in [0.1, 0.15) is 12.5 Å². The van der Waals surface area contributed by atoms with E-state index >= 15 is 0 Å². The average molecular weight is 363 g/mol. The molecular formula is C19H25NO6. The van der Waals surface area contributed by atoms with Crippen molar-refractivity contribution in [1.82, 2.24) is 0 Å². The normalized spacial score (nSPS) is 11.8. The molecule has 0 heterocycles. The minimum atomic E-state index is -0.827. The maximum absolute atomic E-state index is 12.0. The lowest BCUT2D eigenvalue weighted by atomic mass is 9.96. The highest BCUT2D eigenvalue weighted by Gasteiger charge is 2.23. The molecule has 7 heteroatoms. The highest BCUT2D eigenvalue weighted by Crippen LogP contribution is 2.42. The van der Waals surface area contributed by atoms with Gasteiger partial charge in [-0.2, -0.15) is 0 Å². The third kappa shape index (κ3) is 3.77. The molecule has 0 bridgehead atoms. The molecule has 1 unspecified atom stereocenters. The van der Waals surface area contributed by atoms with Gasteiger partial charge in [0.05, 0.1) is 35.0 Å². The van der Waals surface area contributed by atoms with Crippen LogP contribution in [0, 0.1) is 0 Å². The number of hydrogen-bond acceptors (Lipinski definition) is 7. The summed E-state index contributed by atoms with van der Waals surface area (Å²) >= 11 is 0. The molecular weight excluding hydrogens is 338 g/mol. The van der Waals surface area contributed by atoms with Gasteiger partial charge in [-0.25, -0.2) is 0 Å².